The van der Waals surface area contributed by atoms with Crippen molar-refractivity contribution >= 4 is 180 Å². The van der Waals surface area contributed by atoms with Gasteiger partial charge in [0.05, 0.1) is 62.9 Å². The summed E-state index contributed by atoms with van der Waals surface area (Å²) in [5.41, 5.74) is 9.58. The fourth-order valence-electron chi connectivity index (χ4n) is 6.06. The number of nitrogens with one attached hydrogen (secondary N) is 1. The van der Waals surface area contributed by atoms with Crippen molar-refractivity contribution in [1.29, 1.82) is 10.5 Å². The summed E-state index contributed by atoms with van der Waals surface area (Å²) in [4.78, 5) is 39.6. The second-order valence-electron chi connectivity index (χ2n) is 12.4. The monoisotopic (exact) mass is 1230 g/mol. The molecule has 5 aliphatic carbocycles. The summed E-state index contributed by atoms with van der Waals surface area (Å²) in [6, 6.07) is 4.15. The third kappa shape index (κ3) is 11.4. The third-order valence-corrected chi connectivity index (χ3v) is 12.6. The molecule has 0 saturated heterocycles. The van der Waals surface area contributed by atoms with Gasteiger partial charge in [0, 0.05) is 63.0 Å². The third-order valence-electron chi connectivity index (χ3n) is 8.68. The average Bonchev–Trinajstić information content (AvgIpc) is 4.07. The molecule has 0 aliphatic heterocycles. The lowest BCUT2D eigenvalue weighted by atomic mass is 10.1. The second kappa shape index (κ2) is 21.8. The number of rotatable bonds is 1. The smallest absolute Gasteiger partial charge is 0.224 e. The van der Waals surface area contributed by atoms with Crippen molar-refractivity contribution < 1.29 is 0 Å². The van der Waals surface area contributed by atoms with Crippen LogP contribution in [-0.4, -0.2) is 56.9 Å². The highest BCUT2D eigenvalue weighted by Gasteiger charge is 2.23. The molecule has 0 amide bonds. The Morgan fingerprint density at radius 2 is 0.839 bits per heavy atom. The van der Waals surface area contributed by atoms with Crippen LogP contribution in [0.15, 0.2) is 30.4 Å². The summed E-state index contributed by atoms with van der Waals surface area (Å²) in [7, 11) is 1.74. The molecule has 5 aromatic heterocycles. The van der Waals surface area contributed by atoms with Crippen LogP contribution in [0.1, 0.15) is 56.3 Å². The normalized spacial score (nSPS) is 13.8. The zero-order valence-electron chi connectivity index (χ0n) is 31.0. The van der Waals surface area contributed by atoms with Gasteiger partial charge in [0.1, 0.15) is 26.4 Å². The van der Waals surface area contributed by atoms with Crippen LogP contribution >= 0.6 is 150 Å². The molecule has 0 bridgehead atoms. The second-order valence-corrected chi connectivity index (χ2v) is 17.8. The van der Waals surface area contributed by atoms with Gasteiger partial charge in [-0.05, 0) is 103 Å². The van der Waals surface area contributed by atoms with Crippen LogP contribution in [0.5, 0.6) is 0 Å². The molecule has 24 heteroatoms. The van der Waals surface area contributed by atoms with E-state index in [4.69, 9.17) is 115 Å². The number of hydrogen-bond donors (Lipinski definition) is 1. The Morgan fingerprint density at radius 1 is 0.468 bits per heavy atom. The minimum absolute atomic E-state index is 0.122. The van der Waals surface area contributed by atoms with E-state index in [-0.39, 0.29) is 31.6 Å². The predicted octanol–water partition coefficient (Wildman–Crippen LogP) is 12.5. The van der Waals surface area contributed by atoms with E-state index >= 15 is 0 Å². The molecule has 0 saturated carbocycles. The van der Waals surface area contributed by atoms with Crippen LogP contribution in [0.4, 0.5) is 5.82 Å². The zero-order chi connectivity index (χ0) is 44.8. The Labute approximate surface area is 426 Å². The molecule has 5 heterocycles. The standard InChI is InChI=1S/C9H7ClN4.C8H3Cl2N3.2C7H3Cl2IN2.C7H4Cl2N2/c1-12-8-7-5(4-11)2-3-6(7)13-9(10)14-8;9-7-6-4(3-11)1-2-5(6)12-8(10)13-7;2*8-6-5-3(10)1-2-4(5)11-7(9)12-6;8-6-4-2-1-3-5(4)10-7(9)11-6/h2H,3H2,1H3,(H,12,13,14);1H,2H2;2*1H,2H2;1-2H,3H2. The number of anilines is 1. The fourth-order valence-corrected chi connectivity index (χ4v) is 10.2. The molecular weight excluding hydrogens is 1210 g/mol. The number of nitriles is 2. The lowest BCUT2D eigenvalue weighted by molar-refractivity contribution is 1.06. The first-order valence-electron chi connectivity index (χ1n) is 17.3. The number of allylic oxidation sites excluding steroid dienone is 7. The number of halogens is 11. The Bertz CT molecular complexity index is 2820. The first-order chi connectivity index (χ1) is 29.6. The largest absolute Gasteiger partial charge is 0.372 e. The van der Waals surface area contributed by atoms with Crippen molar-refractivity contribution in [3.05, 3.63) is 134 Å². The molecule has 0 radical (unpaired) electrons. The first kappa shape index (κ1) is 48.4. The van der Waals surface area contributed by atoms with Gasteiger partial charge in [0.2, 0.25) is 26.4 Å². The summed E-state index contributed by atoms with van der Waals surface area (Å²) in [5.74, 6) is 0.616. The van der Waals surface area contributed by atoms with Crippen LogP contribution in [-0.2, 0) is 32.1 Å². The van der Waals surface area contributed by atoms with E-state index in [1.807, 2.05) is 24.3 Å². The van der Waals surface area contributed by atoms with Gasteiger partial charge in [-0.2, -0.15) is 10.5 Å². The molecular formula is C38H20Cl9I2N13. The number of hydrogen-bond acceptors (Lipinski definition) is 13. The molecule has 0 atom stereocenters. The van der Waals surface area contributed by atoms with E-state index in [0.717, 1.165) is 77.1 Å². The molecule has 0 aromatic carbocycles. The Morgan fingerprint density at radius 3 is 1.31 bits per heavy atom. The SMILES string of the molecule is CNc1nc(Cl)nc2c1C(C#N)=CC2.Clc1nc(Cl)c2c(n1)CC=C2.Clc1nc(Cl)c2c(n1)CC=C2I.Clc1nc(Cl)c2c(n1)CC=C2I.N#CC1=CCc2nc(Cl)nc(Cl)c21. The minimum Gasteiger partial charge on any atom is -0.372 e. The maximum Gasteiger partial charge on any atom is 0.224 e. The van der Waals surface area contributed by atoms with Crippen LogP contribution in [0.25, 0.3) is 24.4 Å². The van der Waals surface area contributed by atoms with Crippen LogP contribution in [0.3, 0.4) is 0 Å². The highest BCUT2D eigenvalue weighted by atomic mass is 127. The van der Waals surface area contributed by atoms with Crippen LogP contribution < -0.4 is 5.32 Å². The van der Waals surface area contributed by atoms with Crippen molar-refractivity contribution in [1.82, 2.24) is 49.8 Å². The highest BCUT2D eigenvalue weighted by molar-refractivity contribution is 14.1. The molecule has 0 spiro atoms. The van der Waals surface area contributed by atoms with Gasteiger partial charge >= 0.3 is 0 Å². The van der Waals surface area contributed by atoms with E-state index in [1.165, 1.54) is 0 Å². The number of aromatic nitrogens is 10. The van der Waals surface area contributed by atoms with Crippen LogP contribution in [0.2, 0.25) is 47.0 Å². The molecule has 1 N–H and O–H groups in total. The molecule has 10 rings (SSSR count). The summed E-state index contributed by atoms with van der Waals surface area (Å²) < 4.78 is 2.20. The van der Waals surface area contributed by atoms with Gasteiger partial charge in [0.25, 0.3) is 0 Å². The molecule has 62 heavy (non-hydrogen) atoms. The number of nitrogens with zero attached hydrogens (tertiary/aromatic N) is 12. The molecule has 0 unspecified atom stereocenters. The predicted molar refractivity (Wildman–Crippen MR) is 264 cm³/mol. The lowest BCUT2D eigenvalue weighted by Crippen LogP contribution is -2.01. The van der Waals surface area contributed by atoms with Crippen molar-refractivity contribution in [2.75, 3.05) is 12.4 Å². The Hall–Kier alpha value is -3.05. The van der Waals surface area contributed by atoms with Crippen LogP contribution in [0, 0.1) is 22.7 Å². The van der Waals surface area contributed by atoms with E-state index in [0.29, 0.717) is 50.8 Å². The summed E-state index contributed by atoms with van der Waals surface area (Å²) in [6.45, 7) is 0. The fraction of sp³-hybridized carbons (Fsp3) is 0.158. The topological polar surface area (TPSA) is 189 Å². The van der Waals surface area contributed by atoms with Gasteiger partial charge in [-0.25, -0.2) is 49.8 Å². The minimum atomic E-state index is 0.122. The summed E-state index contributed by atoms with van der Waals surface area (Å²) in [5, 5.41) is 23.1. The van der Waals surface area contributed by atoms with Gasteiger partial charge in [0.15, 0.2) is 0 Å². The van der Waals surface area contributed by atoms with Gasteiger partial charge in [-0.3, -0.25) is 0 Å². The highest BCUT2D eigenvalue weighted by Crippen LogP contribution is 2.37. The summed E-state index contributed by atoms with van der Waals surface area (Å²) >= 11 is 56.0. The molecule has 5 aliphatic rings. The Kier molecular flexibility index (Phi) is 17.0. The van der Waals surface area contributed by atoms with Crippen molar-refractivity contribution in [2.24, 2.45) is 0 Å². The molecule has 314 valence electrons. The van der Waals surface area contributed by atoms with Gasteiger partial charge in [-0.1, -0.05) is 82.9 Å². The zero-order valence-corrected chi connectivity index (χ0v) is 42.1. The lowest BCUT2D eigenvalue weighted by Gasteiger charge is -2.06. The quantitative estimate of drug-likeness (QED) is 0.0949. The maximum atomic E-state index is 8.87. The van der Waals surface area contributed by atoms with Crippen molar-refractivity contribution in [2.45, 2.75) is 32.1 Å². The average molecular weight is 1230 g/mol. The van der Waals surface area contributed by atoms with Crippen molar-refractivity contribution in [3.63, 3.8) is 0 Å². The van der Waals surface area contributed by atoms with Gasteiger partial charge < -0.3 is 5.32 Å². The van der Waals surface area contributed by atoms with E-state index < -0.39 is 0 Å². The van der Waals surface area contributed by atoms with Crippen molar-refractivity contribution in [3.8, 4) is 12.1 Å². The Balaban J connectivity index is 0.000000130. The number of fused-ring (bicyclic) bond motifs is 5. The molecule has 13 nitrogen and oxygen atoms in total. The maximum absolute atomic E-state index is 8.87. The van der Waals surface area contributed by atoms with Gasteiger partial charge in [-0.15, -0.1) is 0 Å². The van der Waals surface area contributed by atoms with E-state index in [2.05, 4.69) is 119 Å². The molecule has 5 aromatic rings. The van der Waals surface area contributed by atoms with E-state index in [1.54, 1.807) is 13.1 Å². The molecule has 0 fully saturated rings. The first-order valence-corrected chi connectivity index (χ1v) is 22.9. The summed E-state index contributed by atoms with van der Waals surface area (Å²) in [6.07, 6.45) is 15.3. The van der Waals surface area contributed by atoms with E-state index in [9.17, 15) is 0 Å².